The summed E-state index contributed by atoms with van der Waals surface area (Å²) in [6, 6.07) is 11.2. The van der Waals surface area contributed by atoms with Crippen molar-refractivity contribution >= 4 is 79.4 Å². The number of hydrogen-bond acceptors (Lipinski definition) is 4. The Kier molecular flexibility index (Phi) is 4.51. The fourth-order valence-electron chi connectivity index (χ4n) is 4.63. The van der Waals surface area contributed by atoms with Gasteiger partial charge in [-0.25, -0.2) is 0 Å². The van der Waals surface area contributed by atoms with Crippen molar-refractivity contribution in [2.75, 3.05) is 4.90 Å². The van der Waals surface area contributed by atoms with E-state index in [1.165, 1.54) is 18.7 Å². The molecule has 0 radical (unpaired) electrons. The Morgan fingerprint density at radius 2 is 1.73 bits per heavy atom. The van der Waals surface area contributed by atoms with E-state index >= 15 is 0 Å². The molecule has 1 amide bonds. The van der Waals surface area contributed by atoms with Crippen LogP contribution in [0.15, 0.2) is 36.4 Å². The van der Waals surface area contributed by atoms with Crippen LogP contribution in [0.25, 0.3) is 10.9 Å². The fourth-order valence-corrected chi connectivity index (χ4v) is 5.61. The number of ketones is 1. The van der Waals surface area contributed by atoms with Gasteiger partial charge in [0.2, 0.25) is 17.6 Å². The van der Waals surface area contributed by atoms with Gasteiger partial charge < -0.3 is 4.74 Å². The van der Waals surface area contributed by atoms with Crippen LogP contribution >= 0.6 is 45.2 Å². The van der Waals surface area contributed by atoms with Gasteiger partial charge in [0.05, 0.1) is 16.9 Å². The first-order valence-corrected chi connectivity index (χ1v) is 11.6. The van der Waals surface area contributed by atoms with E-state index in [4.69, 9.17) is 4.74 Å². The number of carbonyl (C=O) groups is 3. The van der Waals surface area contributed by atoms with E-state index in [-0.39, 0.29) is 24.0 Å². The summed E-state index contributed by atoms with van der Waals surface area (Å²) in [6.07, 6.45) is 0.727. The maximum atomic E-state index is 13.6. The van der Waals surface area contributed by atoms with Crippen LogP contribution in [0.4, 0.5) is 5.69 Å². The number of hydrogen-bond donors (Lipinski definition) is 0. The minimum absolute atomic E-state index is 0.110. The van der Waals surface area contributed by atoms with Crippen LogP contribution in [-0.2, 0) is 11.2 Å². The van der Waals surface area contributed by atoms with Gasteiger partial charge in [-0.2, -0.15) is 0 Å². The molecular formula is C22H16I2N2O4. The minimum Gasteiger partial charge on any atom is -0.457 e. The first-order chi connectivity index (χ1) is 14.2. The number of ether oxygens (including phenoxy) is 1. The number of anilines is 1. The van der Waals surface area contributed by atoms with Crippen LogP contribution in [0, 0.1) is 7.14 Å². The number of benzene rings is 2. The average Bonchev–Trinajstić information content (AvgIpc) is 3.12. The summed E-state index contributed by atoms with van der Waals surface area (Å²) in [5.74, 6) is -0.0732. The lowest BCUT2D eigenvalue weighted by molar-refractivity contribution is -0.119. The van der Waals surface area contributed by atoms with Crippen LogP contribution in [-0.4, -0.2) is 27.9 Å². The van der Waals surface area contributed by atoms with Crippen molar-refractivity contribution in [2.24, 2.45) is 0 Å². The van der Waals surface area contributed by atoms with Gasteiger partial charge in [-0.15, -0.1) is 0 Å². The Balaban J connectivity index is 1.75. The van der Waals surface area contributed by atoms with Crippen molar-refractivity contribution in [1.29, 1.82) is 0 Å². The molecule has 0 bridgehead atoms. The van der Waals surface area contributed by atoms with Crippen LogP contribution in [0.2, 0.25) is 0 Å². The first-order valence-electron chi connectivity index (χ1n) is 9.42. The molecule has 30 heavy (non-hydrogen) atoms. The summed E-state index contributed by atoms with van der Waals surface area (Å²) < 4.78 is 10.0. The second kappa shape index (κ2) is 6.78. The average molecular weight is 626 g/mol. The molecule has 3 aromatic rings. The molecule has 0 aliphatic carbocycles. The van der Waals surface area contributed by atoms with Gasteiger partial charge in [0.25, 0.3) is 5.72 Å². The second-order valence-electron chi connectivity index (χ2n) is 7.52. The summed E-state index contributed by atoms with van der Waals surface area (Å²) in [5.41, 5.74) is 1.12. The van der Waals surface area contributed by atoms with Crippen molar-refractivity contribution in [3.05, 3.63) is 54.8 Å². The molecule has 0 N–H and O–H groups in total. The lowest BCUT2D eigenvalue weighted by Gasteiger charge is -2.39. The topological polar surface area (TPSA) is 68.6 Å². The quantitative estimate of drug-likeness (QED) is 0.337. The highest BCUT2D eigenvalue weighted by Crippen LogP contribution is 2.49. The second-order valence-corrected chi connectivity index (χ2v) is 10.0. The number of Topliss-reactive ketones (excluding diaryl/α,β-unsaturated/α-hetero) is 1. The Hall–Kier alpha value is -1.95. The van der Waals surface area contributed by atoms with Gasteiger partial charge in [0.15, 0.2) is 5.75 Å². The zero-order chi connectivity index (χ0) is 21.4. The maximum absolute atomic E-state index is 13.6. The molecule has 152 valence electrons. The zero-order valence-corrected chi connectivity index (χ0v) is 20.5. The van der Waals surface area contributed by atoms with E-state index < -0.39 is 5.72 Å². The van der Waals surface area contributed by atoms with Crippen LogP contribution in [0.1, 0.15) is 41.1 Å². The molecule has 2 aliphatic rings. The lowest BCUT2D eigenvalue weighted by Crippen LogP contribution is -2.58. The lowest BCUT2D eigenvalue weighted by atomic mass is 9.95. The molecule has 0 saturated carbocycles. The molecule has 1 aromatic heterocycles. The molecule has 2 aliphatic heterocycles. The Morgan fingerprint density at radius 1 is 1.03 bits per heavy atom. The summed E-state index contributed by atoms with van der Waals surface area (Å²) in [5, 5.41) is 0.771. The summed E-state index contributed by atoms with van der Waals surface area (Å²) in [4.78, 5) is 40.2. The zero-order valence-electron chi connectivity index (χ0n) is 16.2. The van der Waals surface area contributed by atoms with E-state index in [9.17, 15) is 14.4 Å². The maximum Gasteiger partial charge on any atom is 0.253 e. The molecule has 0 fully saturated rings. The monoisotopic (exact) mass is 626 g/mol. The summed E-state index contributed by atoms with van der Waals surface area (Å²) >= 11 is 4.36. The Labute approximate surface area is 199 Å². The van der Waals surface area contributed by atoms with Crippen molar-refractivity contribution in [3.8, 4) is 5.75 Å². The minimum atomic E-state index is -1.43. The van der Waals surface area contributed by atoms with Gasteiger partial charge in [-0.3, -0.25) is 23.9 Å². The van der Waals surface area contributed by atoms with Crippen molar-refractivity contribution in [2.45, 2.75) is 32.4 Å². The summed E-state index contributed by atoms with van der Waals surface area (Å²) in [7, 11) is 0. The third-order valence-electron chi connectivity index (χ3n) is 5.74. The third-order valence-corrected chi connectivity index (χ3v) is 7.08. The molecule has 1 unspecified atom stereocenters. The molecule has 6 nitrogen and oxygen atoms in total. The van der Waals surface area contributed by atoms with E-state index in [2.05, 4.69) is 45.2 Å². The highest BCUT2D eigenvalue weighted by Gasteiger charge is 2.57. The van der Waals surface area contributed by atoms with Gasteiger partial charge in [-0.1, -0.05) is 0 Å². The molecule has 1 spiro atoms. The Bertz CT molecular complexity index is 1300. The van der Waals surface area contributed by atoms with Crippen LogP contribution in [0.3, 0.4) is 0 Å². The van der Waals surface area contributed by atoms with Gasteiger partial charge in [0.1, 0.15) is 0 Å². The van der Waals surface area contributed by atoms with Crippen molar-refractivity contribution in [1.82, 2.24) is 4.57 Å². The number of rotatable bonds is 0. The molecule has 3 heterocycles. The molecular weight excluding hydrogens is 610 g/mol. The smallest absolute Gasteiger partial charge is 0.253 e. The van der Waals surface area contributed by atoms with E-state index in [1.807, 2.05) is 24.3 Å². The predicted octanol–water partition coefficient (Wildman–Crippen LogP) is 4.78. The van der Waals surface area contributed by atoms with E-state index in [0.29, 0.717) is 23.4 Å². The number of halogens is 2. The SMILES string of the molecule is CC(=O)N1c2ccc(I)cc2C(=O)C12CCc1c(c3cc(I)ccc3n1C(C)=O)O2. The van der Waals surface area contributed by atoms with Crippen molar-refractivity contribution in [3.63, 3.8) is 0 Å². The van der Waals surface area contributed by atoms with Crippen LogP contribution in [0.5, 0.6) is 5.75 Å². The number of fused-ring (bicyclic) bond motifs is 4. The van der Waals surface area contributed by atoms with Gasteiger partial charge in [-0.05, 0) is 88.0 Å². The largest absolute Gasteiger partial charge is 0.457 e. The molecule has 2 aromatic carbocycles. The first kappa shape index (κ1) is 20.0. The number of nitrogens with zero attached hydrogens (tertiary/aromatic N) is 2. The van der Waals surface area contributed by atoms with E-state index in [1.54, 1.807) is 16.7 Å². The molecule has 8 heteroatoms. The van der Waals surface area contributed by atoms with Crippen LogP contribution < -0.4 is 9.64 Å². The standard InChI is InChI=1S/C22H16I2N2O4/c1-11(27)25-17-5-3-13(23)9-15(17)20-19(25)7-8-22(30-20)21(29)16-10-14(24)4-6-18(16)26(22)12(2)28/h3-6,9-10H,7-8H2,1-2H3. The van der Waals surface area contributed by atoms with Gasteiger partial charge >= 0.3 is 0 Å². The third kappa shape index (κ3) is 2.62. The van der Waals surface area contributed by atoms with Gasteiger partial charge in [0, 0.05) is 38.4 Å². The van der Waals surface area contributed by atoms with Crippen molar-refractivity contribution < 1.29 is 19.1 Å². The molecule has 0 saturated heterocycles. The molecule has 5 rings (SSSR count). The van der Waals surface area contributed by atoms with E-state index in [0.717, 1.165) is 23.7 Å². The number of carbonyl (C=O) groups excluding carboxylic acids is 3. The highest BCUT2D eigenvalue weighted by atomic mass is 127. The highest BCUT2D eigenvalue weighted by molar-refractivity contribution is 14.1. The predicted molar refractivity (Wildman–Crippen MR) is 129 cm³/mol. The number of aromatic nitrogens is 1. The molecule has 1 atom stereocenters. The summed E-state index contributed by atoms with van der Waals surface area (Å²) in [6.45, 7) is 2.96. The Morgan fingerprint density at radius 3 is 2.43 bits per heavy atom. The fraction of sp³-hybridized carbons (Fsp3) is 0.227. The normalized spacial score (nSPS) is 19.7. The number of amides is 1.